The quantitative estimate of drug-likeness (QED) is 0.326. The number of aryl methyl sites for hydroxylation is 1. The zero-order valence-corrected chi connectivity index (χ0v) is 18.7. The maximum absolute atomic E-state index is 12.9. The van der Waals surface area contributed by atoms with E-state index in [-0.39, 0.29) is 16.8 Å². The second-order valence-corrected chi connectivity index (χ2v) is 7.70. The Bertz CT molecular complexity index is 1370. The fourth-order valence-corrected chi connectivity index (χ4v) is 3.49. The van der Waals surface area contributed by atoms with Crippen molar-refractivity contribution in [2.24, 2.45) is 0 Å². The molecule has 0 unspecified atom stereocenters. The number of hydrazine groups is 1. The van der Waals surface area contributed by atoms with Gasteiger partial charge < -0.3 is 0 Å². The Balaban J connectivity index is 1.50. The first-order valence-electron chi connectivity index (χ1n) is 11.1. The first kappa shape index (κ1) is 22.8. The van der Waals surface area contributed by atoms with Gasteiger partial charge in [-0.1, -0.05) is 68.3 Å². The van der Waals surface area contributed by atoms with Crippen LogP contribution in [0.4, 0.5) is 0 Å². The average molecular weight is 457 g/mol. The lowest BCUT2D eigenvalue weighted by atomic mass is 10.1. The fourth-order valence-electron chi connectivity index (χ4n) is 3.49. The first-order chi connectivity index (χ1) is 16.6. The van der Waals surface area contributed by atoms with Crippen LogP contribution in [-0.2, 0) is 6.54 Å². The van der Waals surface area contributed by atoms with Gasteiger partial charge in [-0.3, -0.25) is 25.2 Å². The molecule has 9 nitrogen and oxygen atoms in total. The topological polar surface area (TPSA) is 119 Å². The van der Waals surface area contributed by atoms with Crippen LogP contribution in [0.3, 0.4) is 0 Å². The van der Waals surface area contributed by atoms with Gasteiger partial charge >= 0.3 is 0 Å². The van der Waals surface area contributed by atoms with E-state index in [9.17, 15) is 14.4 Å². The molecule has 2 heterocycles. The van der Waals surface area contributed by atoms with Crippen molar-refractivity contribution in [2.75, 3.05) is 0 Å². The van der Waals surface area contributed by atoms with Gasteiger partial charge in [0.1, 0.15) is 0 Å². The van der Waals surface area contributed by atoms with E-state index in [4.69, 9.17) is 0 Å². The van der Waals surface area contributed by atoms with Gasteiger partial charge in [0.05, 0.1) is 10.9 Å². The van der Waals surface area contributed by atoms with Crippen LogP contribution in [0.2, 0.25) is 0 Å². The van der Waals surface area contributed by atoms with E-state index in [0.717, 1.165) is 24.8 Å². The number of amides is 2. The summed E-state index contributed by atoms with van der Waals surface area (Å²) in [6, 6.07) is 16.2. The van der Waals surface area contributed by atoms with Crippen LogP contribution in [0, 0.1) is 0 Å². The molecule has 0 atom stereocenters. The number of benzene rings is 2. The first-order valence-corrected chi connectivity index (χ1v) is 11.1. The maximum Gasteiger partial charge on any atom is 0.290 e. The number of nitrogens with one attached hydrogen (secondary N) is 2. The summed E-state index contributed by atoms with van der Waals surface area (Å²) in [4.78, 5) is 46.6. The normalized spacial score (nSPS) is 10.7. The maximum atomic E-state index is 12.9. The number of rotatable bonds is 7. The molecule has 0 fully saturated rings. The summed E-state index contributed by atoms with van der Waals surface area (Å²) in [5, 5.41) is 5.10. The molecule has 0 aliphatic carbocycles. The second kappa shape index (κ2) is 10.5. The smallest absolute Gasteiger partial charge is 0.267 e. The molecular formula is C25H24N6O3. The molecule has 4 rings (SSSR count). The van der Waals surface area contributed by atoms with Gasteiger partial charge in [-0.2, -0.15) is 5.10 Å². The third kappa shape index (κ3) is 4.98. The number of aromatic nitrogens is 4. The van der Waals surface area contributed by atoms with E-state index >= 15 is 0 Å². The van der Waals surface area contributed by atoms with Crippen LogP contribution in [0.25, 0.3) is 22.2 Å². The molecule has 2 N–H and O–H groups in total. The zero-order chi connectivity index (χ0) is 23.9. The minimum Gasteiger partial charge on any atom is -0.267 e. The van der Waals surface area contributed by atoms with Crippen molar-refractivity contribution in [3.05, 3.63) is 88.6 Å². The molecule has 0 bridgehead atoms. The van der Waals surface area contributed by atoms with Crippen molar-refractivity contribution >= 4 is 22.6 Å². The number of carbonyl (C=O) groups excluding carboxylic acids is 2. The summed E-state index contributed by atoms with van der Waals surface area (Å²) in [7, 11) is 0. The summed E-state index contributed by atoms with van der Waals surface area (Å²) < 4.78 is 1.31. The minimum atomic E-state index is -0.629. The van der Waals surface area contributed by atoms with Gasteiger partial charge in [0, 0.05) is 29.9 Å². The lowest BCUT2D eigenvalue weighted by Crippen LogP contribution is -2.43. The summed E-state index contributed by atoms with van der Waals surface area (Å²) in [6.45, 7) is 2.48. The third-order valence-corrected chi connectivity index (χ3v) is 5.29. The molecule has 0 saturated carbocycles. The molecule has 0 spiro atoms. The van der Waals surface area contributed by atoms with Gasteiger partial charge in [-0.25, -0.2) is 14.6 Å². The van der Waals surface area contributed by atoms with Gasteiger partial charge in [0.15, 0.2) is 11.5 Å². The molecule has 4 aromatic rings. The Kier molecular flexibility index (Phi) is 7.02. The molecule has 34 heavy (non-hydrogen) atoms. The van der Waals surface area contributed by atoms with Gasteiger partial charge in [0.2, 0.25) is 0 Å². The second-order valence-electron chi connectivity index (χ2n) is 7.70. The van der Waals surface area contributed by atoms with Crippen molar-refractivity contribution in [3.63, 3.8) is 0 Å². The van der Waals surface area contributed by atoms with Gasteiger partial charge in [0.25, 0.3) is 17.4 Å². The predicted molar refractivity (Wildman–Crippen MR) is 128 cm³/mol. The van der Waals surface area contributed by atoms with E-state index < -0.39 is 11.8 Å². The molecule has 0 aliphatic rings. The summed E-state index contributed by atoms with van der Waals surface area (Å²) in [5.74, 6) is -0.716. The number of nitrogens with zero attached hydrogens (tertiary/aromatic N) is 4. The van der Waals surface area contributed by atoms with Crippen molar-refractivity contribution in [2.45, 2.75) is 32.7 Å². The average Bonchev–Trinajstić information content (AvgIpc) is 2.89. The molecule has 0 radical (unpaired) electrons. The van der Waals surface area contributed by atoms with Crippen molar-refractivity contribution in [3.8, 4) is 11.4 Å². The van der Waals surface area contributed by atoms with Crippen LogP contribution >= 0.6 is 0 Å². The van der Waals surface area contributed by atoms with E-state index in [1.54, 1.807) is 24.3 Å². The van der Waals surface area contributed by atoms with Crippen LogP contribution < -0.4 is 16.4 Å². The molecule has 0 saturated heterocycles. The van der Waals surface area contributed by atoms with E-state index in [2.05, 4.69) is 32.8 Å². The Morgan fingerprint density at radius 1 is 0.853 bits per heavy atom. The SMILES string of the molecule is CCCCCn1nc(C(=O)NNC(=O)c2cnc(-c3ccccc3)nc2)c2ccccc2c1=O. The Morgan fingerprint density at radius 2 is 1.50 bits per heavy atom. The molecule has 2 aromatic carbocycles. The van der Waals surface area contributed by atoms with Crippen LogP contribution in [0.1, 0.15) is 47.0 Å². The number of unbranched alkanes of at least 4 members (excludes halogenated alkanes) is 2. The lowest BCUT2D eigenvalue weighted by molar-refractivity contribution is 0.0843. The van der Waals surface area contributed by atoms with Gasteiger partial charge in [-0.15, -0.1) is 0 Å². The van der Waals surface area contributed by atoms with Crippen LogP contribution in [0.5, 0.6) is 0 Å². The highest BCUT2D eigenvalue weighted by Gasteiger charge is 2.18. The molecular weight excluding hydrogens is 432 g/mol. The van der Waals surface area contributed by atoms with Crippen LogP contribution in [0.15, 0.2) is 71.8 Å². The Hall–Kier alpha value is -4.40. The monoisotopic (exact) mass is 456 g/mol. The predicted octanol–water partition coefficient (Wildman–Crippen LogP) is 3.12. The highest BCUT2D eigenvalue weighted by atomic mass is 16.2. The Morgan fingerprint density at radius 3 is 2.21 bits per heavy atom. The molecule has 0 aliphatic heterocycles. The zero-order valence-electron chi connectivity index (χ0n) is 18.7. The van der Waals surface area contributed by atoms with Crippen molar-refractivity contribution < 1.29 is 9.59 Å². The van der Waals surface area contributed by atoms with E-state index in [1.807, 2.05) is 30.3 Å². The third-order valence-electron chi connectivity index (χ3n) is 5.29. The largest absolute Gasteiger partial charge is 0.290 e. The number of hydrogen-bond donors (Lipinski definition) is 2. The fraction of sp³-hybridized carbons (Fsp3) is 0.200. The number of carbonyl (C=O) groups is 2. The highest BCUT2D eigenvalue weighted by molar-refractivity contribution is 6.05. The molecule has 2 amide bonds. The van der Waals surface area contributed by atoms with Crippen molar-refractivity contribution in [1.29, 1.82) is 0 Å². The number of fused-ring (bicyclic) bond motifs is 1. The van der Waals surface area contributed by atoms with E-state index in [0.29, 0.717) is 23.1 Å². The number of hydrogen-bond acceptors (Lipinski definition) is 6. The summed E-state index contributed by atoms with van der Waals surface area (Å²) in [6.07, 6.45) is 5.50. The summed E-state index contributed by atoms with van der Waals surface area (Å²) >= 11 is 0. The Labute approximate surface area is 195 Å². The molecule has 9 heteroatoms. The molecule has 172 valence electrons. The minimum absolute atomic E-state index is 0.0580. The molecule has 2 aromatic heterocycles. The summed E-state index contributed by atoms with van der Waals surface area (Å²) in [5.41, 5.74) is 5.56. The lowest BCUT2D eigenvalue weighted by Gasteiger charge is -2.12. The standard InChI is InChI=1S/C25H24N6O3/c1-2-3-9-14-31-25(34)20-13-8-7-12-19(20)21(30-31)24(33)29-28-23(32)18-15-26-22(27-16-18)17-10-5-4-6-11-17/h4-8,10-13,15-16H,2-3,9,14H2,1H3,(H,28,32)(H,29,33). The van der Waals surface area contributed by atoms with Crippen LogP contribution in [-0.4, -0.2) is 31.6 Å². The van der Waals surface area contributed by atoms with Gasteiger partial charge in [-0.05, 0) is 12.5 Å². The highest BCUT2D eigenvalue weighted by Crippen LogP contribution is 2.14. The van der Waals surface area contributed by atoms with Crippen molar-refractivity contribution in [1.82, 2.24) is 30.6 Å². The van der Waals surface area contributed by atoms with E-state index in [1.165, 1.54) is 17.1 Å².